The number of hydrogen-bond donors (Lipinski definition) is 1. The number of rotatable bonds is 5. The van der Waals surface area contributed by atoms with Gasteiger partial charge in [0.25, 0.3) is 5.91 Å². The Bertz CT molecular complexity index is 734. The van der Waals surface area contributed by atoms with Gasteiger partial charge in [0.2, 0.25) is 0 Å². The van der Waals surface area contributed by atoms with Crippen molar-refractivity contribution in [2.24, 2.45) is 0 Å². The van der Waals surface area contributed by atoms with Crippen LogP contribution in [0.3, 0.4) is 0 Å². The van der Waals surface area contributed by atoms with Crippen molar-refractivity contribution < 1.29 is 4.79 Å². The van der Waals surface area contributed by atoms with Crippen LogP contribution in [0, 0.1) is 0 Å². The van der Waals surface area contributed by atoms with E-state index < -0.39 is 0 Å². The summed E-state index contributed by atoms with van der Waals surface area (Å²) >= 11 is 0. The maximum atomic E-state index is 12.5. The molecule has 1 amide bonds. The Labute approximate surface area is 128 Å². The van der Waals surface area contributed by atoms with E-state index in [1.165, 1.54) is 0 Å². The minimum atomic E-state index is -0.00231. The summed E-state index contributed by atoms with van der Waals surface area (Å²) < 4.78 is 1.81. The highest BCUT2D eigenvalue weighted by Gasteiger charge is 2.12. The van der Waals surface area contributed by atoms with Crippen LogP contribution in [0.25, 0.3) is 11.1 Å². The largest absolute Gasteiger partial charge is 0.340 e. The third-order valence-electron chi connectivity index (χ3n) is 3.51. The molecule has 0 aliphatic heterocycles. The van der Waals surface area contributed by atoms with Crippen LogP contribution in [0.1, 0.15) is 10.4 Å². The first-order chi connectivity index (χ1) is 10.7. The number of H-pyrrole nitrogens is 1. The number of carbonyl (C=O) groups excluding carboxylic acids is 1. The van der Waals surface area contributed by atoms with Crippen molar-refractivity contribution in [3.05, 3.63) is 60.7 Å². The number of nitrogens with zero attached hydrogens (tertiary/aromatic N) is 4. The van der Waals surface area contributed by atoms with Crippen molar-refractivity contribution in [2.45, 2.75) is 6.54 Å². The molecule has 0 saturated carbocycles. The molecule has 2 heterocycles. The van der Waals surface area contributed by atoms with Crippen LogP contribution >= 0.6 is 0 Å². The zero-order valence-electron chi connectivity index (χ0n) is 12.3. The number of carbonyl (C=O) groups is 1. The zero-order chi connectivity index (χ0) is 15.4. The van der Waals surface area contributed by atoms with E-state index in [9.17, 15) is 4.79 Å². The van der Waals surface area contributed by atoms with Gasteiger partial charge in [-0.2, -0.15) is 10.2 Å². The second-order valence-electron chi connectivity index (χ2n) is 5.06. The second kappa shape index (κ2) is 6.26. The molecule has 0 aliphatic rings. The summed E-state index contributed by atoms with van der Waals surface area (Å²) in [4.78, 5) is 14.2. The van der Waals surface area contributed by atoms with Gasteiger partial charge in [-0.3, -0.25) is 14.6 Å². The Kier molecular flexibility index (Phi) is 4.00. The minimum absolute atomic E-state index is 0.00231. The van der Waals surface area contributed by atoms with Crippen LogP contribution in [-0.2, 0) is 6.54 Å². The van der Waals surface area contributed by atoms with Gasteiger partial charge in [-0.05, 0) is 23.8 Å². The minimum Gasteiger partial charge on any atom is -0.340 e. The van der Waals surface area contributed by atoms with E-state index in [1.54, 1.807) is 24.3 Å². The molecule has 0 fully saturated rings. The lowest BCUT2D eigenvalue weighted by molar-refractivity contribution is 0.0789. The van der Waals surface area contributed by atoms with Crippen molar-refractivity contribution in [1.29, 1.82) is 0 Å². The third-order valence-corrected chi connectivity index (χ3v) is 3.51. The fourth-order valence-corrected chi connectivity index (χ4v) is 2.25. The fraction of sp³-hybridized carbons (Fsp3) is 0.188. The van der Waals surface area contributed by atoms with Crippen LogP contribution < -0.4 is 0 Å². The Balaban J connectivity index is 1.70. The predicted octanol–water partition coefficient (Wildman–Crippen LogP) is 2.05. The van der Waals surface area contributed by atoms with Crippen molar-refractivity contribution in [3.8, 4) is 11.1 Å². The van der Waals surface area contributed by atoms with Crippen LogP contribution in [-0.4, -0.2) is 44.4 Å². The van der Waals surface area contributed by atoms with Crippen molar-refractivity contribution in [3.63, 3.8) is 0 Å². The molecule has 0 saturated heterocycles. The lowest BCUT2D eigenvalue weighted by Gasteiger charge is -2.17. The Morgan fingerprint density at radius 2 is 2.23 bits per heavy atom. The number of benzene rings is 1. The summed E-state index contributed by atoms with van der Waals surface area (Å²) in [5.41, 5.74) is 2.61. The molecule has 2 aromatic heterocycles. The molecule has 0 unspecified atom stereocenters. The molecule has 0 radical (unpaired) electrons. The Morgan fingerprint density at radius 1 is 1.32 bits per heavy atom. The van der Waals surface area contributed by atoms with Gasteiger partial charge in [0, 0.05) is 43.3 Å². The molecule has 6 nitrogen and oxygen atoms in total. The molecule has 3 rings (SSSR count). The first-order valence-electron chi connectivity index (χ1n) is 7.06. The summed E-state index contributed by atoms with van der Waals surface area (Å²) in [6.07, 6.45) is 7.17. The predicted molar refractivity (Wildman–Crippen MR) is 83.2 cm³/mol. The van der Waals surface area contributed by atoms with Gasteiger partial charge in [-0.15, -0.1) is 0 Å². The summed E-state index contributed by atoms with van der Waals surface area (Å²) in [7, 11) is 1.80. The van der Waals surface area contributed by atoms with E-state index in [4.69, 9.17) is 0 Å². The molecule has 0 atom stereocenters. The maximum Gasteiger partial charge on any atom is 0.253 e. The lowest BCUT2D eigenvalue weighted by atomic mass is 10.1. The quantitative estimate of drug-likeness (QED) is 0.783. The molecule has 1 N–H and O–H groups in total. The van der Waals surface area contributed by atoms with Gasteiger partial charge in [-0.25, -0.2) is 0 Å². The molecule has 112 valence electrons. The highest BCUT2D eigenvalue weighted by molar-refractivity contribution is 5.95. The van der Waals surface area contributed by atoms with Gasteiger partial charge in [-0.1, -0.05) is 12.1 Å². The SMILES string of the molecule is CN(CCn1cccn1)C(=O)c1cccc(-c2cn[nH]c2)c1. The van der Waals surface area contributed by atoms with Crippen LogP contribution in [0.2, 0.25) is 0 Å². The first kappa shape index (κ1) is 14.1. The highest BCUT2D eigenvalue weighted by atomic mass is 16.2. The molecule has 1 aromatic carbocycles. The van der Waals surface area contributed by atoms with Gasteiger partial charge in [0.15, 0.2) is 0 Å². The maximum absolute atomic E-state index is 12.5. The van der Waals surface area contributed by atoms with Gasteiger partial charge in [0.1, 0.15) is 0 Å². The topological polar surface area (TPSA) is 66.8 Å². The highest BCUT2D eigenvalue weighted by Crippen LogP contribution is 2.19. The molecular weight excluding hydrogens is 278 g/mol. The summed E-state index contributed by atoms with van der Waals surface area (Å²) in [5.74, 6) is -0.00231. The summed E-state index contributed by atoms with van der Waals surface area (Å²) in [5, 5.41) is 10.9. The third kappa shape index (κ3) is 3.06. The number of nitrogens with one attached hydrogen (secondary N) is 1. The number of aromatic amines is 1. The van der Waals surface area contributed by atoms with E-state index >= 15 is 0 Å². The lowest BCUT2D eigenvalue weighted by Crippen LogP contribution is -2.30. The zero-order valence-corrected chi connectivity index (χ0v) is 12.3. The standard InChI is InChI=1S/C16H17N5O/c1-20(8-9-21-7-3-6-19-21)16(22)14-5-2-4-13(10-14)15-11-17-18-12-15/h2-7,10-12H,8-9H2,1H3,(H,17,18). The fourth-order valence-electron chi connectivity index (χ4n) is 2.25. The van der Waals surface area contributed by atoms with E-state index in [2.05, 4.69) is 15.3 Å². The monoisotopic (exact) mass is 295 g/mol. The molecule has 0 aliphatic carbocycles. The molecule has 6 heteroatoms. The van der Waals surface area contributed by atoms with Gasteiger partial charge >= 0.3 is 0 Å². The number of hydrogen-bond acceptors (Lipinski definition) is 3. The van der Waals surface area contributed by atoms with E-state index in [-0.39, 0.29) is 5.91 Å². The van der Waals surface area contributed by atoms with Gasteiger partial charge < -0.3 is 4.90 Å². The van der Waals surface area contributed by atoms with Crippen LogP contribution in [0.15, 0.2) is 55.1 Å². The average molecular weight is 295 g/mol. The summed E-state index contributed by atoms with van der Waals surface area (Å²) in [6.45, 7) is 1.28. The number of aromatic nitrogens is 4. The molecule has 3 aromatic rings. The average Bonchev–Trinajstić information content (AvgIpc) is 3.25. The van der Waals surface area contributed by atoms with Crippen molar-refractivity contribution >= 4 is 5.91 Å². The first-order valence-corrected chi connectivity index (χ1v) is 7.06. The van der Waals surface area contributed by atoms with Crippen molar-refractivity contribution in [2.75, 3.05) is 13.6 Å². The number of likely N-dealkylation sites (N-methyl/N-ethyl adjacent to an activating group) is 1. The smallest absolute Gasteiger partial charge is 0.253 e. The molecular formula is C16H17N5O. The summed E-state index contributed by atoms with van der Waals surface area (Å²) in [6, 6.07) is 9.44. The van der Waals surface area contributed by atoms with Crippen LogP contribution in [0.4, 0.5) is 0 Å². The number of amides is 1. The molecule has 0 spiro atoms. The van der Waals surface area contributed by atoms with E-state index in [0.717, 1.165) is 11.1 Å². The second-order valence-corrected chi connectivity index (χ2v) is 5.06. The Morgan fingerprint density at radius 3 is 2.95 bits per heavy atom. The van der Waals surface area contributed by atoms with E-state index in [1.807, 2.05) is 47.4 Å². The van der Waals surface area contributed by atoms with Crippen molar-refractivity contribution in [1.82, 2.24) is 24.9 Å². The molecule has 22 heavy (non-hydrogen) atoms. The Hall–Kier alpha value is -2.89. The normalized spacial score (nSPS) is 10.6. The van der Waals surface area contributed by atoms with Gasteiger partial charge in [0.05, 0.1) is 12.7 Å². The molecule has 0 bridgehead atoms. The van der Waals surface area contributed by atoms with Crippen LogP contribution in [0.5, 0.6) is 0 Å². The van der Waals surface area contributed by atoms with E-state index in [0.29, 0.717) is 18.7 Å².